The van der Waals surface area contributed by atoms with Crippen LogP contribution in [-0.2, 0) is 17.2 Å². The number of carbonyl (C=O) groups excluding carboxylic acids is 1. The van der Waals surface area contributed by atoms with Gasteiger partial charge >= 0.3 is 0 Å². The normalized spacial score (nSPS) is 10.9. The average Bonchev–Trinajstić information content (AvgIpc) is 2.78. The molecular formula is C13H17ClN4O. The number of alkyl halides is 1. The molecule has 2 aromatic heterocycles. The van der Waals surface area contributed by atoms with Gasteiger partial charge in [0.1, 0.15) is 17.9 Å². The van der Waals surface area contributed by atoms with Crippen LogP contribution in [0, 0.1) is 0 Å². The molecule has 0 aliphatic carbocycles. The predicted octanol–water partition coefficient (Wildman–Crippen LogP) is 2.04. The van der Waals surface area contributed by atoms with Crippen LogP contribution >= 0.6 is 11.6 Å². The van der Waals surface area contributed by atoms with Crippen molar-refractivity contribution >= 4 is 28.7 Å². The van der Waals surface area contributed by atoms with E-state index in [4.69, 9.17) is 11.6 Å². The fourth-order valence-corrected chi connectivity index (χ4v) is 2.29. The van der Waals surface area contributed by atoms with E-state index < -0.39 is 0 Å². The summed E-state index contributed by atoms with van der Waals surface area (Å²) in [5, 5.41) is 0. The molecule has 2 rings (SSSR count). The first kappa shape index (κ1) is 13.8. The van der Waals surface area contributed by atoms with Gasteiger partial charge in [0.25, 0.3) is 0 Å². The highest BCUT2D eigenvalue weighted by atomic mass is 35.5. The van der Waals surface area contributed by atoms with E-state index in [1.165, 1.54) is 0 Å². The van der Waals surface area contributed by atoms with Crippen LogP contribution in [0.25, 0.3) is 11.2 Å². The second-order valence-corrected chi connectivity index (χ2v) is 4.43. The fourth-order valence-electron chi connectivity index (χ4n) is 2.09. The number of rotatable bonds is 5. The molecule has 5 nitrogen and oxygen atoms in total. The third-order valence-corrected chi connectivity index (χ3v) is 3.35. The number of nitrogens with zero attached hydrogens (tertiary/aromatic N) is 4. The number of likely N-dealkylation sites (N-methyl/N-ethyl adjacent to an activating group) is 1. The standard InChI is InChI=1S/C13H17ClN4O/c1-3-17(4-2)12(19)9-18-11(8-14)16-10-6-5-7-15-13(10)18/h5-7H,3-4,8-9H2,1-2H3. The molecule has 0 spiro atoms. The lowest BCUT2D eigenvalue weighted by molar-refractivity contribution is -0.131. The van der Waals surface area contributed by atoms with Gasteiger partial charge < -0.3 is 9.47 Å². The molecule has 2 aromatic rings. The topological polar surface area (TPSA) is 51.0 Å². The highest BCUT2D eigenvalue weighted by Crippen LogP contribution is 2.15. The summed E-state index contributed by atoms with van der Waals surface area (Å²) in [7, 11) is 0. The van der Waals surface area contributed by atoms with Crippen LogP contribution < -0.4 is 0 Å². The second-order valence-electron chi connectivity index (χ2n) is 4.16. The Bertz CT molecular complexity index is 577. The zero-order valence-corrected chi connectivity index (χ0v) is 11.9. The van der Waals surface area contributed by atoms with Crippen molar-refractivity contribution in [3.8, 4) is 0 Å². The first-order chi connectivity index (χ1) is 9.21. The van der Waals surface area contributed by atoms with E-state index in [0.717, 1.165) is 5.52 Å². The Morgan fingerprint density at radius 1 is 1.42 bits per heavy atom. The van der Waals surface area contributed by atoms with Gasteiger partial charge in [0.15, 0.2) is 5.65 Å². The number of carbonyl (C=O) groups is 1. The number of aromatic nitrogens is 3. The molecule has 0 saturated carbocycles. The molecule has 0 atom stereocenters. The number of hydrogen-bond acceptors (Lipinski definition) is 3. The van der Waals surface area contributed by atoms with Crippen LogP contribution in [-0.4, -0.2) is 38.4 Å². The summed E-state index contributed by atoms with van der Waals surface area (Å²) in [4.78, 5) is 22.7. The molecule has 0 bridgehead atoms. The van der Waals surface area contributed by atoms with Gasteiger partial charge in [-0.3, -0.25) is 4.79 Å². The quantitative estimate of drug-likeness (QED) is 0.788. The summed E-state index contributed by atoms with van der Waals surface area (Å²) in [5.41, 5.74) is 1.48. The number of fused-ring (bicyclic) bond motifs is 1. The van der Waals surface area contributed by atoms with Crippen molar-refractivity contribution < 1.29 is 4.79 Å². The van der Waals surface area contributed by atoms with Crippen LogP contribution in [0.4, 0.5) is 0 Å². The fraction of sp³-hybridized carbons (Fsp3) is 0.462. The number of amides is 1. The van der Waals surface area contributed by atoms with Gasteiger partial charge in [0, 0.05) is 19.3 Å². The molecule has 0 aliphatic rings. The number of halogens is 1. The van der Waals surface area contributed by atoms with Gasteiger partial charge in [0.05, 0.1) is 5.88 Å². The number of pyridine rings is 1. The molecule has 1 amide bonds. The van der Waals surface area contributed by atoms with E-state index in [9.17, 15) is 4.79 Å². The summed E-state index contributed by atoms with van der Waals surface area (Å²) >= 11 is 5.90. The maximum Gasteiger partial charge on any atom is 0.242 e. The summed E-state index contributed by atoms with van der Waals surface area (Å²) in [6, 6.07) is 3.70. The summed E-state index contributed by atoms with van der Waals surface area (Å²) in [6.45, 7) is 5.57. The molecule has 0 aliphatic heterocycles. The Kier molecular flexibility index (Phi) is 4.37. The summed E-state index contributed by atoms with van der Waals surface area (Å²) in [5.74, 6) is 0.999. The molecule has 0 radical (unpaired) electrons. The third-order valence-electron chi connectivity index (χ3n) is 3.11. The number of imidazole rings is 1. The Morgan fingerprint density at radius 2 is 2.16 bits per heavy atom. The minimum absolute atomic E-state index is 0.0568. The highest BCUT2D eigenvalue weighted by Gasteiger charge is 2.16. The van der Waals surface area contributed by atoms with Gasteiger partial charge in [-0.05, 0) is 26.0 Å². The van der Waals surface area contributed by atoms with Crippen LogP contribution in [0.5, 0.6) is 0 Å². The Morgan fingerprint density at radius 3 is 2.79 bits per heavy atom. The van der Waals surface area contributed by atoms with Crippen molar-refractivity contribution in [1.82, 2.24) is 19.4 Å². The molecule has 0 unspecified atom stereocenters. The molecule has 0 saturated heterocycles. The smallest absolute Gasteiger partial charge is 0.242 e. The highest BCUT2D eigenvalue weighted by molar-refractivity contribution is 6.16. The van der Waals surface area contributed by atoms with Gasteiger partial charge in [-0.15, -0.1) is 11.6 Å². The second kappa shape index (κ2) is 6.02. The molecule has 0 fully saturated rings. The largest absolute Gasteiger partial charge is 0.342 e. The zero-order chi connectivity index (χ0) is 13.8. The van der Waals surface area contributed by atoms with Gasteiger partial charge in [-0.25, -0.2) is 9.97 Å². The van der Waals surface area contributed by atoms with E-state index in [0.29, 0.717) is 24.6 Å². The van der Waals surface area contributed by atoms with E-state index in [1.54, 1.807) is 15.7 Å². The summed E-state index contributed by atoms with van der Waals surface area (Å²) in [6.07, 6.45) is 1.69. The molecule has 0 aromatic carbocycles. The van der Waals surface area contributed by atoms with Crippen molar-refractivity contribution in [3.63, 3.8) is 0 Å². The Hall–Kier alpha value is -1.62. The van der Waals surface area contributed by atoms with E-state index in [-0.39, 0.29) is 18.3 Å². The van der Waals surface area contributed by atoms with Crippen molar-refractivity contribution in [3.05, 3.63) is 24.2 Å². The van der Waals surface area contributed by atoms with Crippen molar-refractivity contribution in [1.29, 1.82) is 0 Å². The molecule has 6 heteroatoms. The lowest BCUT2D eigenvalue weighted by atomic mass is 10.4. The Labute approximate surface area is 117 Å². The zero-order valence-electron chi connectivity index (χ0n) is 11.1. The molecule has 102 valence electrons. The maximum atomic E-state index is 12.2. The van der Waals surface area contributed by atoms with Gasteiger partial charge in [-0.1, -0.05) is 0 Å². The first-order valence-corrected chi connectivity index (χ1v) is 6.88. The van der Waals surface area contributed by atoms with Gasteiger partial charge in [-0.2, -0.15) is 0 Å². The monoisotopic (exact) mass is 280 g/mol. The van der Waals surface area contributed by atoms with Crippen LogP contribution in [0.3, 0.4) is 0 Å². The SMILES string of the molecule is CCN(CC)C(=O)Cn1c(CCl)nc2cccnc21. The minimum atomic E-state index is 0.0568. The molecule has 0 N–H and O–H groups in total. The lowest BCUT2D eigenvalue weighted by Crippen LogP contribution is -2.33. The van der Waals surface area contributed by atoms with Crippen LogP contribution in [0.1, 0.15) is 19.7 Å². The minimum Gasteiger partial charge on any atom is -0.342 e. The Balaban J connectivity index is 2.36. The average molecular weight is 281 g/mol. The third kappa shape index (κ3) is 2.71. The van der Waals surface area contributed by atoms with Crippen LogP contribution in [0.15, 0.2) is 18.3 Å². The van der Waals surface area contributed by atoms with Crippen molar-refractivity contribution in [2.75, 3.05) is 13.1 Å². The van der Waals surface area contributed by atoms with Crippen molar-refractivity contribution in [2.24, 2.45) is 0 Å². The van der Waals surface area contributed by atoms with E-state index in [2.05, 4.69) is 9.97 Å². The summed E-state index contributed by atoms with van der Waals surface area (Å²) < 4.78 is 1.79. The van der Waals surface area contributed by atoms with E-state index >= 15 is 0 Å². The first-order valence-electron chi connectivity index (χ1n) is 6.35. The molecule has 2 heterocycles. The van der Waals surface area contributed by atoms with Crippen molar-refractivity contribution in [2.45, 2.75) is 26.3 Å². The number of hydrogen-bond donors (Lipinski definition) is 0. The molecular weight excluding hydrogens is 264 g/mol. The maximum absolute atomic E-state index is 12.2. The van der Waals surface area contributed by atoms with Gasteiger partial charge in [0.2, 0.25) is 5.91 Å². The lowest BCUT2D eigenvalue weighted by Gasteiger charge is -2.19. The predicted molar refractivity (Wildman–Crippen MR) is 75.0 cm³/mol. The van der Waals surface area contributed by atoms with E-state index in [1.807, 2.05) is 26.0 Å². The van der Waals surface area contributed by atoms with Crippen LogP contribution in [0.2, 0.25) is 0 Å². The molecule has 19 heavy (non-hydrogen) atoms.